The van der Waals surface area contributed by atoms with E-state index in [1.165, 1.54) is 0 Å². The Kier molecular flexibility index (Phi) is 4.92. The van der Waals surface area contributed by atoms with Gasteiger partial charge in [0.2, 0.25) is 0 Å². The Bertz CT molecular complexity index is 605. The molecule has 0 aromatic heterocycles. The van der Waals surface area contributed by atoms with Gasteiger partial charge < -0.3 is 18.9 Å². The Morgan fingerprint density at radius 2 is 1.92 bits per heavy atom. The summed E-state index contributed by atoms with van der Waals surface area (Å²) in [7, 11) is 0. The topological polar surface area (TPSA) is 54.0 Å². The highest BCUT2D eigenvalue weighted by Crippen LogP contribution is 2.35. The number of esters is 1. The molecule has 1 saturated heterocycles. The van der Waals surface area contributed by atoms with Crippen LogP contribution in [0.15, 0.2) is 36.4 Å². The number of benzene rings is 1. The Balaban J connectivity index is 1.47. The molecule has 1 fully saturated rings. The quantitative estimate of drug-likeness (QED) is 0.592. The molecule has 3 atom stereocenters. The molecule has 0 amide bonds. The van der Waals surface area contributed by atoms with Crippen LogP contribution in [0.25, 0.3) is 0 Å². The highest BCUT2D eigenvalue weighted by molar-refractivity contribution is 5.70. The van der Waals surface area contributed by atoms with E-state index in [1.807, 2.05) is 57.2 Å². The summed E-state index contributed by atoms with van der Waals surface area (Å²) in [5.41, 5.74) is 1.08. The Labute approximate surface area is 142 Å². The van der Waals surface area contributed by atoms with E-state index in [0.717, 1.165) is 11.3 Å². The molecule has 5 heteroatoms. The van der Waals surface area contributed by atoms with Gasteiger partial charge in [-0.2, -0.15) is 0 Å². The van der Waals surface area contributed by atoms with Crippen LogP contribution < -0.4 is 4.74 Å². The molecule has 5 nitrogen and oxygen atoms in total. The highest BCUT2D eigenvalue weighted by atomic mass is 16.8. The van der Waals surface area contributed by atoms with Crippen LogP contribution in [0.3, 0.4) is 0 Å². The van der Waals surface area contributed by atoms with Crippen LogP contribution in [-0.2, 0) is 25.4 Å². The van der Waals surface area contributed by atoms with Gasteiger partial charge in [-0.1, -0.05) is 18.2 Å². The Morgan fingerprint density at radius 3 is 2.62 bits per heavy atom. The molecule has 0 unspecified atom stereocenters. The van der Waals surface area contributed by atoms with Gasteiger partial charge in [0.05, 0.1) is 6.61 Å². The summed E-state index contributed by atoms with van der Waals surface area (Å²) in [5.74, 6) is -0.0213. The SMILES string of the molecule is CCOc1ccc(CCC(=O)O[C@@H]2C=C[C@H]3OC(C)(C)O[C@@H]23)cc1. The summed E-state index contributed by atoms with van der Waals surface area (Å²) in [6.45, 7) is 6.32. The third-order valence-corrected chi connectivity index (χ3v) is 4.10. The molecule has 0 spiro atoms. The zero-order valence-electron chi connectivity index (χ0n) is 14.4. The van der Waals surface area contributed by atoms with E-state index in [4.69, 9.17) is 18.9 Å². The lowest BCUT2D eigenvalue weighted by Crippen LogP contribution is -2.33. The van der Waals surface area contributed by atoms with Gasteiger partial charge in [-0.3, -0.25) is 4.79 Å². The van der Waals surface area contributed by atoms with Gasteiger partial charge >= 0.3 is 5.97 Å². The number of aryl methyl sites for hydroxylation is 1. The van der Waals surface area contributed by atoms with Crippen molar-refractivity contribution in [1.29, 1.82) is 0 Å². The fourth-order valence-corrected chi connectivity index (χ4v) is 3.03. The predicted molar refractivity (Wildman–Crippen MR) is 88.8 cm³/mol. The third-order valence-electron chi connectivity index (χ3n) is 4.10. The van der Waals surface area contributed by atoms with E-state index >= 15 is 0 Å². The van der Waals surface area contributed by atoms with Gasteiger partial charge in [0.1, 0.15) is 24.1 Å². The summed E-state index contributed by atoms with van der Waals surface area (Å²) < 4.78 is 22.5. The van der Waals surface area contributed by atoms with Crippen molar-refractivity contribution in [3.63, 3.8) is 0 Å². The smallest absolute Gasteiger partial charge is 0.306 e. The molecule has 1 aliphatic heterocycles. The molecule has 1 aromatic rings. The first-order chi connectivity index (χ1) is 11.5. The lowest BCUT2D eigenvalue weighted by molar-refractivity contribution is -0.167. The molecule has 1 aromatic carbocycles. The zero-order chi connectivity index (χ0) is 17.2. The van der Waals surface area contributed by atoms with Crippen molar-refractivity contribution in [3.05, 3.63) is 42.0 Å². The lowest BCUT2D eigenvalue weighted by Gasteiger charge is -2.21. The second kappa shape index (κ2) is 6.95. The van der Waals surface area contributed by atoms with Crippen molar-refractivity contribution < 1.29 is 23.7 Å². The minimum atomic E-state index is -0.632. The first-order valence-corrected chi connectivity index (χ1v) is 8.42. The molecule has 0 radical (unpaired) electrons. The van der Waals surface area contributed by atoms with Crippen molar-refractivity contribution in [2.24, 2.45) is 0 Å². The van der Waals surface area contributed by atoms with E-state index < -0.39 is 5.79 Å². The number of carbonyl (C=O) groups excluding carboxylic acids is 1. The summed E-state index contributed by atoms with van der Waals surface area (Å²) >= 11 is 0. The van der Waals surface area contributed by atoms with Crippen LogP contribution in [0.5, 0.6) is 5.75 Å². The molecular weight excluding hydrogens is 308 g/mol. The molecule has 2 aliphatic rings. The predicted octanol–water partition coefficient (Wildman–Crippen LogP) is 3.02. The van der Waals surface area contributed by atoms with Crippen LogP contribution in [-0.4, -0.2) is 36.7 Å². The normalized spacial score (nSPS) is 27.0. The molecule has 3 rings (SSSR count). The molecule has 0 bridgehead atoms. The lowest BCUT2D eigenvalue weighted by atomic mass is 10.1. The average Bonchev–Trinajstić information content (AvgIpc) is 3.03. The maximum atomic E-state index is 12.1. The van der Waals surface area contributed by atoms with Gasteiger partial charge in [0.15, 0.2) is 5.79 Å². The highest BCUT2D eigenvalue weighted by Gasteiger charge is 2.47. The van der Waals surface area contributed by atoms with Crippen molar-refractivity contribution in [3.8, 4) is 5.75 Å². The van der Waals surface area contributed by atoms with Gasteiger partial charge in [-0.25, -0.2) is 0 Å². The second-order valence-corrected chi connectivity index (χ2v) is 6.48. The number of hydrogen-bond acceptors (Lipinski definition) is 5. The Morgan fingerprint density at radius 1 is 1.17 bits per heavy atom. The number of rotatable bonds is 6. The van der Waals surface area contributed by atoms with Crippen molar-refractivity contribution in [1.82, 2.24) is 0 Å². The van der Waals surface area contributed by atoms with Crippen LogP contribution in [0.2, 0.25) is 0 Å². The molecule has 0 saturated carbocycles. The fourth-order valence-electron chi connectivity index (χ4n) is 3.03. The summed E-state index contributed by atoms with van der Waals surface area (Å²) in [6.07, 6.45) is 3.98. The van der Waals surface area contributed by atoms with Gasteiger partial charge in [-0.05, 0) is 51.0 Å². The molecule has 1 heterocycles. The minimum Gasteiger partial charge on any atom is -0.494 e. The molecule has 1 aliphatic carbocycles. The van der Waals surface area contributed by atoms with Gasteiger partial charge in [0, 0.05) is 6.42 Å². The van der Waals surface area contributed by atoms with Crippen LogP contribution >= 0.6 is 0 Å². The van der Waals surface area contributed by atoms with Crippen LogP contribution in [0, 0.1) is 0 Å². The van der Waals surface area contributed by atoms with E-state index in [0.29, 0.717) is 19.4 Å². The first kappa shape index (κ1) is 17.0. The second-order valence-electron chi connectivity index (χ2n) is 6.48. The van der Waals surface area contributed by atoms with Gasteiger partial charge in [-0.15, -0.1) is 0 Å². The number of hydrogen-bond donors (Lipinski definition) is 0. The molecule has 0 N–H and O–H groups in total. The Hall–Kier alpha value is -1.85. The summed E-state index contributed by atoms with van der Waals surface area (Å²) in [6, 6.07) is 7.78. The molecule has 130 valence electrons. The molecular formula is C19H24O5. The largest absolute Gasteiger partial charge is 0.494 e. The van der Waals surface area contributed by atoms with E-state index in [1.54, 1.807) is 0 Å². The number of carbonyl (C=O) groups is 1. The maximum absolute atomic E-state index is 12.1. The third kappa shape index (κ3) is 3.97. The standard InChI is InChI=1S/C19H24O5/c1-4-21-14-8-5-13(6-9-14)7-12-17(20)22-15-10-11-16-18(15)24-19(2,3)23-16/h5-6,8-11,15-16,18H,4,7,12H2,1-3H3/t15-,16-,18+/m1/s1. The van der Waals surface area contributed by atoms with E-state index in [-0.39, 0.29) is 24.3 Å². The van der Waals surface area contributed by atoms with Crippen LogP contribution in [0.4, 0.5) is 0 Å². The van der Waals surface area contributed by atoms with E-state index in [9.17, 15) is 4.79 Å². The summed E-state index contributed by atoms with van der Waals surface area (Å²) in [4.78, 5) is 12.1. The first-order valence-electron chi connectivity index (χ1n) is 8.42. The van der Waals surface area contributed by atoms with E-state index in [2.05, 4.69) is 0 Å². The monoisotopic (exact) mass is 332 g/mol. The van der Waals surface area contributed by atoms with Crippen molar-refractivity contribution >= 4 is 5.97 Å². The van der Waals surface area contributed by atoms with Crippen molar-refractivity contribution in [2.45, 2.75) is 57.7 Å². The zero-order valence-corrected chi connectivity index (χ0v) is 14.4. The number of ether oxygens (including phenoxy) is 4. The maximum Gasteiger partial charge on any atom is 0.306 e. The van der Waals surface area contributed by atoms with Gasteiger partial charge in [0.25, 0.3) is 0 Å². The van der Waals surface area contributed by atoms with Crippen molar-refractivity contribution in [2.75, 3.05) is 6.61 Å². The fraction of sp³-hybridized carbons (Fsp3) is 0.526. The minimum absolute atomic E-state index is 0.135. The van der Waals surface area contributed by atoms with Crippen LogP contribution in [0.1, 0.15) is 32.8 Å². The summed E-state index contributed by atoms with van der Waals surface area (Å²) in [5, 5.41) is 0. The number of fused-ring (bicyclic) bond motifs is 1. The average molecular weight is 332 g/mol. The molecule has 24 heavy (non-hydrogen) atoms.